The van der Waals surface area contributed by atoms with Crippen LogP contribution in [0.15, 0.2) is 24.3 Å². The van der Waals surface area contributed by atoms with E-state index in [0.717, 1.165) is 11.2 Å². The molecule has 19 heavy (non-hydrogen) atoms. The molecule has 1 aromatic carbocycles. The van der Waals surface area contributed by atoms with Crippen molar-refractivity contribution in [2.45, 2.75) is 54.5 Å². The first kappa shape index (κ1) is 17.4. The van der Waals surface area contributed by atoms with Crippen molar-refractivity contribution in [3.63, 3.8) is 0 Å². The summed E-state index contributed by atoms with van der Waals surface area (Å²) in [6.07, 6.45) is 0.547. The second-order valence-corrected chi connectivity index (χ2v) is 3.78. The van der Waals surface area contributed by atoms with Gasteiger partial charge in [-0.3, -0.25) is 9.48 Å². The lowest BCUT2D eigenvalue weighted by Gasteiger charge is -2.00. The summed E-state index contributed by atoms with van der Waals surface area (Å²) < 4.78 is 1.91. The fraction of sp³-hybridized carbons (Fsp3) is 0.500. The summed E-state index contributed by atoms with van der Waals surface area (Å²) in [5, 5.41) is 5.59. The Morgan fingerprint density at radius 1 is 1.16 bits per heavy atom. The van der Waals surface area contributed by atoms with Gasteiger partial charge in [-0.15, -0.1) is 0 Å². The summed E-state index contributed by atoms with van der Waals surface area (Å²) in [5.74, 6) is 0.201. The van der Waals surface area contributed by atoms with Gasteiger partial charge in [0, 0.05) is 18.4 Å². The van der Waals surface area contributed by atoms with Crippen molar-refractivity contribution in [1.29, 1.82) is 0 Å². The van der Waals surface area contributed by atoms with Crippen LogP contribution in [0.1, 0.15) is 46.7 Å². The minimum atomic E-state index is 0.201. The Bertz CT molecular complexity index is 500. The van der Waals surface area contributed by atoms with Crippen LogP contribution in [0.5, 0.6) is 0 Å². The number of Topliss-reactive ketones (excluding diaryl/α,β-unsaturated/α-hetero) is 1. The van der Waals surface area contributed by atoms with Crippen LogP contribution >= 0.6 is 0 Å². The molecule has 0 N–H and O–H groups in total. The molecule has 0 saturated carbocycles. The van der Waals surface area contributed by atoms with Crippen LogP contribution in [-0.2, 0) is 11.3 Å². The predicted octanol–water partition coefficient (Wildman–Crippen LogP) is 4.38. The number of hydrogen-bond donors (Lipinski definition) is 0. The fourth-order valence-electron chi connectivity index (χ4n) is 1.73. The Morgan fingerprint density at radius 2 is 1.74 bits per heavy atom. The lowest BCUT2D eigenvalue weighted by molar-refractivity contribution is -0.117. The normalized spacial score (nSPS) is 9.16. The molecule has 0 fully saturated rings. The first-order valence-electron chi connectivity index (χ1n) is 7.10. The molecule has 0 aliphatic heterocycles. The predicted molar refractivity (Wildman–Crippen MR) is 82.5 cm³/mol. The Balaban J connectivity index is 0.000000741. The molecule has 0 saturated heterocycles. The van der Waals surface area contributed by atoms with Gasteiger partial charge in [-0.05, 0) is 19.9 Å². The number of carbonyl (C=O) groups excluding carboxylic acids is 1. The van der Waals surface area contributed by atoms with Gasteiger partial charge in [0.1, 0.15) is 5.78 Å². The molecule has 3 heteroatoms. The Hall–Kier alpha value is -1.64. The lowest BCUT2D eigenvalue weighted by Crippen LogP contribution is -2.04. The number of aryl methyl sites for hydroxylation is 2. The smallest absolute Gasteiger partial charge is 0.131 e. The third-order valence-electron chi connectivity index (χ3n) is 2.52. The van der Waals surface area contributed by atoms with Gasteiger partial charge in [0.25, 0.3) is 0 Å². The van der Waals surface area contributed by atoms with E-state index in [1.54, 1.807) is 6.92 Å². The fourth-order valence-corrected chi connectivity index (χ4v) is 1.73. The first-order chi connectivity index (χ1) is 9.18. The van der Waals surface area contributed by atoms with Gasteiger partial charge in [0.15, 0.2) is 0 Å². The standard InChI is InChI=1S/C12H14N2O.2C2H6/c1-9(15)7-8-14-12-6-4-3-5-11(12)10(2)13-14;2*1-2/h3-6H,7-8H2,1-2H3;2*1-2H3. The van der Waals surface area contributed by atoms with Crippen LogP contribution in [-0.4, -0.2) is 15.6 Å². The highest BCUT2D eigenvalue weighted by atomic mass is 16.1. The lowest BCUT2D eigenvalue weighted by atomic mass is 10.2. The topological polar surface area (TPSA) is 34.9 Å². The van der Waals surface area contributed by atoms with Gasteiger partial charge in [0.05, 0.1) is 11.2 Å². The van der Waals surface area contributed by atoms with Gasteiger partial charge in [-0.1, -0.05) is 45.9 Å². The highest BCUT2D eigenvalue weighted by molar-refractivity contribution is 5.82. The molecule has 3 nitrogen and oxygen atoms in total. The number of para-hydroxylation sites is 1. The van der Waals surface area contributed by atoms with Crippen molar-refractivity contribution in [3.05, 3.63) is 30.0 Å². The van der Waals surface area contributed by atoms with Crippen LogP contribution in [0.4, 0.5) is 0 Å². The van der Waals surface area contributed by atoms with Crippen molar-refractivity contribution >= 4 is 16.7 Å². The van der Waals surface area contributed by atoms with E-state index in [1.807, 2.05) is 57.5 Å². The number of nitrogens with zero attached hydrogens (tertiary/aromatic N) is 2. The molecule has 1 aromatic heterocycles. The van der Waals surface area contributed by atoms with Crippen molar-refractivity contribution in [3.8, 4) is 0 Å². The summed E-state index contributed by atoms with van der Waals surface area (Å²) in [5.41, 5.74) is 2.13. The van der Waals surface area contributed by atoms with Crippen molar-refractivity contribution in [1.82, 2.24) is 9.78 Å². The highest BCUT2D eigenvalue weighted by Gasteiger charge is 2.06. The highest BCUT2D eigenvalue weighted by Crippen LogP contribution is 2.17. The van der Waals surface area contributed by atoms with E-state index in [9.17, 15) is 4.79 Å². The minimum absolute atomic E-state index is 0.201. The molecule has 2 aromatic rings. The number of carbonyl (C=O) groups is 1. The number of benzene rings is 1. The van der Waals surface area contributed by atoms with Crippen molar-refractivity contribution in [2.75, 3.05) is 0 Å². The number of hydrogen-bond acceptors (Lipinski definition) is 2. The van der Waals surface area contributed by atoms with Crippen LogP contribution in [0.2, 0.25) is 0 Å². The quantitative estimate of drug-likeness (QED) is 0.823. The minimum Gasteiger partial charge on any atom is -0.300 e. The van der Waals surface area contributed by atoms with Crippen LogP contribution < -0.4 is 0 Å². The van der Waals surface area contributed by atoms with Crippen LogP contribution in [0.3, 0.4) is 0 Å². The van der Waals surface area contributed by atoms with E-state index in [2.05, 4.69) is 11.2 Å². The molecular weight excluding hydrogens is 236 g/mol. The molecule has 1 heterocycles. The number of aromatic nitrogens is 2. The first-order valence-corrected chi connectivity index (χ1v) is 7.10. The molecule has 106 valence electrons. The second-order valence-electron chi connectivity index (χ2n) is 3.78. The van der Waals surface area contributed by atoms with Crippen LogP contribution in [0, 0.1) is 6.92 Å². The maximum Gasteiger partial charge on any atom is 0.131 e. The molecule has 0 spiro atoms. The monoisotopic (exact) mass is 262 g/mol. The SMILES string of the molecule is CC.CC.CC(=O)CCn1nc(C)c2ccccc21. The van der Waals surface area contributed by atoms with Gasteiger partial charge in [0.2, 0.25) is 0 Å². The van der Waals surface area contributed by atoms with Gasteiger partial charge in [-0.2, -0.15) is 5.10 Å². The zero-order valence-electron chi connectivity index (χ0n) is 13.0. The number of ketones is 1. The molecule has 0 amide bonds. The Labute approximate surface area is 116 Å². The molecular formula is C16H26N2O. The Morgan fingerprint density at radius 3 is 2.32 bits per heavy atom. The Kier molecular flexibility index (Phi) is 8.51. The molecule has 0 unspecified atom stereocenters. The van der Waals surface area contributed by atoms with E-state index < -0.39 is 0 Å². The molecule has 0 aliphatic carbocycles. The number of fused-ring (bicyclic) bond motifs is 1. The van der Waals surface area contributed by atoms with Crippen molar-refractivity contribution in [2.24, 2.45) is 0 Å². The molecule has 2 rings (SSSR count). The molecule has 0 aliphatic rings. The third kappa shape index (κ3) is 4.86. The molecule has 0 bridgehead atoms. The zero-order chi connectivity index (χ0) is 14.8. The van der Waals surface area contributed by atoms with Crippen molar-refractivity contribution < 1.29 is 4.79 Å². The average Bonchev–Trinajstić information content (AvgIpc) is 2.78. The maximum absolute atomic E-state index is 10.9. The average molecular weight is 262 g/mol. The summed E-state index contributed by atoms with van der Waals surface area (Å²) in [7, 11) is 0. The van der Waals surface area contributed by atoms with Crippen LogP contribution in [0.25, 0.3) is 10.9 Å². The summed E-state index contributed by atoms with van der Waals surface area (Å²) in [6.45, 7) is 12.3. The van der Waals surface area contributed by atoms with E-state index >= 15 is 0 Å². The van der Waals surface area contributed by atoms with E-state index in [1.165, 1.54) is 5.39 Å². The number of rotatable bonds is 3. The largest absolute Gasteiger partial charge is 0.300 e. The van der Waals surface area contributed by atoms with Gasteiger partial charge >= 0.3 is 0 Å². The third-order valence-corrected chi connectivity index (χ3v) is 2.52. The van der Waals surface area contributed by atoms with E-state index in [4.69, 9.17) is 0 Å². The second kappa shape index (κ2) is 9.31. The summed E-state index contributed by atoms with van der Waals surface area (Å²) in [4.78, 5) is 10.9. The summed E-state index contributed by atoms with van der Waals surface area (Å²) >= 11 is 0. The summed E-state index contributed by atoms with van der Waals surface area (Å²) in [6, 6.07) is 8.09. The molecule has 0 atom stereocenters. The molecule has 0 radical (unpaired) electrons. The van der Waals surface area contributed by atoms with E-state index in [0.29, 0.717) is 13.0 Å². The van der Waals surface area contributed by atoms with Gasteiger partial charge in [-0.25, -0.2) is 0 Å². The maximum atomic E-state index is 10.9. The zero-order valence-corrected chi connectivity index (χ0v) is 13.0. The van der Waals surface area contributed by atoms with Gasteiger partial charge < -0.3 is 0 Å². The van der Waals surface area contributed by atoms with E-state index in [-0.39, 0.29) is 5.78 Å².